The lowest BCUT2D eigenvalue weighted by atomic mass is 9.95. The molecule has 1 aromatic rings. The molecule has 0 spiro atoms. The maximum Gasteiger partial charge on any atom is 0.237 e. The highest BCUT2D eigenvalue weighted by atomic mass is 19.1. The average Bonchev–Trinajstić information content (AvgIpc) is 2.77. The fraction of sp³-hybridized carbons (Fsp3) is 0.533. The third-order valence-electron chi connectivity index (χ3n) is 3.98. The van der Waals surface area contributed by atoms with Crippen LogP contribution in [0.2, 0.25) is 0 Å². The number of unbranched alkanes of at least 4 members (excludes halogenated alkanes) is 1. The van der Waals surface area contributed by atoms with Gasteiger partial charge in [0, 0.05) is 18.8 Å². The minimum Gasteiger partial charge on any atom is -0.371 e. The number of anilines is 1. The van der Waals surface area contributed by atoms with Crippen LogP contribution in [0.25, 0.3) is 0 Å². The molecule has 5 heteroatoms. The van der Waals surface area contributed by atoms with E-state index in [1.54, 1.807) is 13.0 Å². The average molecular weight is 279 g/mol. The molecule has 110 valence electrons. The molecule has 0 saturated carbocycles. The number of carbonyl (C=O) groups excluding carboxylic acids is 1. The molecule has 0 aromatic heterocycles. The van der Waals surface area contributed by atoms with Gasteiger partial charge in [0.25, 0.3) is 0 Å². The zero-order valence-electron chi connectivity index (χ0n) is 11.9. The molecule has 0 radical (unpaired) electrons. The first-order valence-corrected chi connectivity index (χ1v) is 7.02. The molecule has 1 heterocycles. The minimum absolute atomic E-state index is 0.195. The van der Waals surface area contributed by atoms with Gasteiger partial charge in [0.1, 0.15) is 5.82 Å². The lowest BCUT2D eigenvalue weighted by Crippen LogP contribution is -2.49. The Labute approximate surface area is 118 Å². The number of primary amides is 1. The summed E-state index contributed by atoms with van der Waals surface area (Å²) in [7, 11) is 0. The summed E-state index contributed by atoms with van der Waals surface area (Å²) in [6, 6.07) is 4.96. The molecule has 1 atom stereocenters. The Kier molecular flexibility index (Phi) is 4.28. The van der Waals surface area contributed by atoms with Crippen molar-refractivity contribution >= 4 is 11.6 Å². The van der Waals surface area contributed by atoms with Gasteiger partial charge >= 0.3 is 0 Å². The van der Waals surface area contributed by atoms with Crippen molar-refractivity contribution in [2.75, 3.05) is 18.0 Å². The summed E-state index contributed by atoms with van der Waals surface area (Å²) >= 11 is 0. The van der Waals surface area contributed by atoms with Crippen LogP contribution in [0.3, 0.4) is 0 Å². The largest absolute Gasteiger partial charge is 0.371 e. The van der Waals surface area contributed by atoms with Crippen LogP contribution in [0.1, 0.15) is 31.7 Å². The Morgan fingerprint density at radius 3 is 2.90 bits per heavy atom. The van der Waals surface area contributed by atoms with Crippen LogP contribution in [0.5, 0.6) is 0 Å². The molecule has 1 unspecified atom stereocenters. The molecule has 0 bridgehead atoms. The topological polar surface area (TPSA) is 72.3 Å². The zero-order valence-corrected chi connectivity index (χ0v) is 11.9. The van der Waals surface area contributed by atoms with Crippen LogP contribution in [0, 0.1) is 5.82 Å². The molecule has 1 amide bonds. The zero-order chi connectivity index (χ0) is 14.8. The normalized spacial score (nSPS) is 16.9. The minimum atomic E-state index is -0.935. The number of nitrogens with two attached hydrogens (primary N) is 2. The van der Waals surface area contributed by atoms with Crippen molar-refractivity contribution in [1.82, 2.24) is 0 Å². The van der Waals surface area contributed by atoms with E-state index >= 15 is 0 Å². The second-order valence-corrected chi connectivity index (χ2v) is 5.75. The predicted molar refractivity (Wildman–Crippen MR) is 78.0 cm³/mol. The van der Waals surface area contributed by atoms with E-state index in [1.807, 2.05) is 6.07 Å². The lowest BCUT2D eigenvalue weighted by molar-refractivity contribution is -0.122. The number of hydrogen-bond donors (Lipinski definition) is 2. The van der Waals surface area contributed by atoms with Crippen molar-refractivity contribution < 1.29 is 9.18 Å². The van der Waals surface area contributed by atoms with Gasteiger partial charge in [-0.25, -0.2) is 4.39 Å². The van der Waals surface area contributed by atoms with Gasteiger partial charge < -0.3 is 16.4 Å². The summed E-state index contributed by atoms with van der Waals surface area (Å²) in [6.07, 6.45) is 3.28. The monoisotopic (exact) mass is 279 g/mol. The quantitative estimate of drug-likeness (QED) is 0.776. The third-order valence-corrected chi connectivity index (χ3v) is 3.98. The van der Waals surface area contributed by atoms with Gasteiger partial charge in [0.2, 0.25) is 5.91 Å². The number of halogens is 1. The maximum absolute atomic E-state index is 13.3. The number of nitrogens with zero attached hydrogens (tertiary/aromatic N) is 1. The van der Waals surface area contributed by atoms with Crippen molar-refractivity contribution in [3.05, 3.63) is 29.6 Å². The molecule has 0 fully saturated rings. The van der Waals surface area contributed by atoms with E-state index in [2.05, 4.69) is 4.90 Å². The molecule has 0 saturated heterocycles. The van der Waals surface area contributed by atoms with Crippen LogP contribution < -0.4 is 16.4 Å². The molecule has 2 rings (SSSR count). The fourth-order valence-corrected chi connectivity index (χ4v) is 2.57. The number of fused-ring (bicyclic) bond motifs is 1. The summed E-state index contributed by atoms with van der Waals surface area (Å²) < 4.78 is 13.3. The van der Waals surface area contributed by atoms with E-state index in [0.29, 0.717) is 6.42 Å². The maximum atomic E-state index is 13.3. The smallest absolute Gasteiger partial charge is 0.237 e. The molecule has 20 heavy (non-hydrogen) atoms. The first-order chi connectivity index (χ1) is 9.40. The summed E-state index contributed by atoms with van der Waals surface area (Å²) in [5, 5.41) is 0. The standard InChI is InChI=1S/C15H22FN3O/c1-15(18,14(17)20)7-2-3-8-19-9-6-11-4-5-12(16)10-13(11)19/h4-5,10H,2-3,6-9,18H2,1H3,(H2,17,20). The molecular weight excluding hydrogens is 257 g/mol. The van der Waals surface area contributed by atoms with E-state index in [1.165, 1.54) is 11.6 Å². The molecule has 0 aliphatic carbocycles. The lowest BCUT2D eigenvalue weighted by Gasteiger charge is -2.22. The number of amides is 1. The summed E-state index contributed by atoms with van der Waals surface area (Å²) in [5.74, 6) is -0.662. The van der Waals surface area contributed by atoms with Gasteiger partial charge in [-0.05, 0) is 50.3 Å². The highest BCUT2D eigenvalue weighted by molar-refractivity contribution is 5.83. The Bertz CT molecular complexity index is 502. The number of benzene rings is 1. The number of carbonyl (C=O) groups is 1. The molecular formula is C15H22FN3O. The van der Waals surface area contributed by atoms with Crippen LogP contribution >= 0.6 is 0 Å². The van der Waals surface area contributed by atoms with E-state index in [9.17, 15) is 9.18 Å². The van der Waals surface area contributed by atoms with Gasteiger partial charge in [-0.3, -0.25) is 4.79 Å². The van der Waals surface area contributed by atoms with Crippen LogP contribution in [-0.4, -0.2) is 24.5 Å². The van der Waals surface area contributed by atoms with Gasteiger partial charge in [-0.15, -0.1) is 0 Å². The van der Waals surface area contributed by atoms with Crippen LogP contribution in [0.4, 0.5) is 10.1 Å². The Morgan fingerprint density at radius 2 is 2.20 bits per heavy atom. The first-order valence-electron chi connectivity index (χ1n) is 7.02. The van der Waals surface area contributed by atoms with Crippen LogP contribution in [-0.2, 0) is 11.2 Å². The van der Waals surface area contributed by atoms with Crippen LogP contribution in [0.15, 0.2) is 18.2 Å². The first kappa shape index (κ1) is 14.8. The second kappa shape index (κ2) is 5.79. The molecule has 1 aliphatic rings. The Balaban J connectivity index is 1.83. The van der Waals surface area contributed by atoms with E-state index in [0.717, 1.165) is 38.0 Å². The van der Waals surface area contributed by atoms with E-state index in [-0.39, 0.29) is 5.82 Å². The van der Waals surface area contributed by atoms with Gasteiger partial charge in [-0.1, -0.05) is 6.07 Å². The van der Waals surface area contributed by atoms with Crippen molar-refractivity contribution in [2.24, 2.45) is 11.5 Å². The van der Waals surface area contributed by atoms with Crippen molar-refractivity contribution in [3.63, 3.8) is 0 Å². The highest BCUT2D eigenvalue weighted by Gasteiger charge is 2.25. The van der Waals surface area contributed by atoms with E-state index < -0.39 is 11.4 Å². The highest BCUT2D eigenvalue weighted by Crippen LogP contribution is 2.29. The predicted octanol–water partition coefficient (Wildman–Crippen LogP) is 1.56. The van der Waals surface area contributed by atoms with Crippen molar-refractivity contribution in [3.8, 4) is 0 Å². The SMILES string of the molecule is CC(N)(CCCCN1CCc2ccc(F)cc21)C(N)=O. The third kappa shape index (κ3) is 3.28. The Morgan fingerprint density at radius 1 is 1.45 bits per heavy atom. The van der Waals surface area contributed by atoms with E-state index in [4.69, 9.17) is 11.5 Å². The molecule has 4 N–H and O–H groups in total. The van der Waals surface area contributed by atoms with Gasteiger partial charge in [0.05, 0.1) is 5.54 Å². The fourth-order valence-electron chi connectivity index (χ4n) is 2.57. The Hall–Kier alpha value is -1.62. The molecule has 1 aromatic carbocycles. The number of hydrogen-bond acceptors (Lipinski definition) is 3. The number of rotatable bonds is 6. The summed E-state index contributed by atoms with van der Waals surface area (Å²) in [5.41, 5.74) is 12.3. The summed E-state index contributed by atoms with van der Waals surface area (Å²) in [4.78, 5) is 13.3. The van der Waals surface area contributed by atoms with Crippen molar-refractivity contribution in [2.45, 2.75) is 38.1 Å². The molecule has 1 aliphatic heterocycles. The van der Waals surface area contributed by atoms with Crippen molar-refractivity contribution in [1.29, 1.82) is 0 Å². The second-order valence-electron chi connectivity index (χ2n) is 5.75. The van der Waals surface area contributed by atoms with Gasteiger partial charge in [-0.2, -0.15) is 0 Å². The summed E-state index contributed by atoms with van der Waals surface area (Å²) in [6.45, 7) is 3.44. The molecule has 4 nitrogen and oxygen atoms in total. The van der Waals surface area contributed by atoms with Gasteiger partial charge in [0.15, 0.2) is 0 Å².